The van der Waals surface area contributed by atoms with E-state index in [1.165, 1.54) is 0 Å². The Morgan fingerprint density at radius 2 is 2.12 bits per heavy atom. The van der Waals surface area contributed by atoms with Crippen molar-refractivity contribution in [1.29, 1.82) is 5.26 Å². The van der Waals surface area contributed by atoms with Gasteiger partial charge < -0.3 is 9.47 Å². The SMILES string of the molecule is COC(=O)c1nc(OC(F)(F)F)ccc1C#N. The van der Waals surface area contributed by atoms with Crippen molar-refractivity contribution >= 4 is 5.97 Å². The molecular formula is C9H5F3N2O3. The minimum Gasteiger partial charge on any atom is -0.464 e. The largest absolute Gasteiger partial charge is 0.574 e. The number of hydrogen-bond acceptors (Lipinski definition) is 5. The fourth-order valence-corrected chi connectivity index (χ4v) is 0.959. The summed E-state index contributed by atoms with van der Waals surface area (Å²) in [5.74, 6) is -1.86. The molecular weight excluding hydrogens is 241 g/mol. The van der Waals surface area contributed by atoms with Gasteiger partial charge in [0.05, 0.1) is 12.7 Å². The summed E-state index contributed by atoms with van der Waals surface area (Å²) in [6.07, 6.45) is -4.92. The Kier molecular flexibility index (Phi) is 3.52. The number of nitrogens with zero attached hydrogens (tertiary/aromatic N) is 2. The van der Waals surface area contributed by atoms with Gasteiger partial charge in [0.1, 0.15) is 6.07 Å². The Morgan fingerprint density at radius 3 is 2.59 bits per heavy atom. The molecule has 0 aromatic carbocycles. The molecule has 0 saturated heterocycles. The number of halogens is 3. The number of pyridine rings is 1. The molecule has 1 heterocycles. The molecule has 0 N–H and O–H groups in total. The topological polar surface area (TPSA) is 72.2 Å². The highest BCUT2D eigenvalue weighted by Gasteiger charge is 2.32. The zero-order valence-corrected chi connectivity index (χ0v) is 8.41. The van der Waals surface area contributed by atoms with Crippen LogP contribution in [0.5, 0.6) is 5.88 Å². The van der Waals surface area contributed by atoms with E-state index >= 15 is 0 Å². The first kappa shape index (κ1) is 12.8. The van der Waals surface area contributed by atoms with Crippen LogP contribution in [0, 0.1) is 11.3 Å². The number of alkyl halides is 3. The van der Waals surface area contributed by atoms with E-state index in [4.69, 9.17) is 5.26 Å². The Hall–Kier alpha value is -2.30. The van der Waals surface area contributed by atoms with Crippen molar-refractivity contribution in [1.82, 2.24) is 4.98 Å². The number of methoxy groups -OCH3 is 1. The summed E-state index contributed by atoms with van der Waals surface area (Å²) in [5.41, 5.74) is -0.733. The molecule has 0 spiro atoms. The van der Waals surface area contributed by atoms with E-state index in [-0.39, 0.29) is 5.56 Å². The Bertz CT molecular complexity index is 479. The molecule has 1 rings (SSSR count). The van der Waals surface area contributed by atoms with Crippen molar-refractivity contribution in [2.45, 2.75) is 6.36 Å². The van der Waals surface area contributed by atoms with E-state index in [0.29, 0.717) is 0 Å². The second-order valence-electron chi connectivity index (χ2n) is 2.70. The quantitative estimate of drug-likeness (QED) is 0.741. The summed E-state index contributed by atoms with van der Waals surface area (Å²) in [6, 6.07) is 3.42. The van der Waals surface area contributed by atoms with E-state index in [9.17, 15) is 18.0 Å². The van der Waals surface area contributed by atoms with Crippen molar-refractivity contribution in [2.75, 3.05) is 7.11 Å². The lowest BCUT2D eigenvalue weighted by Gasteiger charge is -2.09. The molecule has 0 aliphatic heterocycles. The van der Waals surface area contributed by atoms with Crippen LogP contribution in [0.4, 0.5) is 13.2 Å². The maximum Gasteiger partial charge on any atom is 0.574 e. The van der Waals surface area contributed by atoms with Crippen LogP contribution >= 0.6 is 0 Å². The minimum absolute atomic E-state index is 0.202. The Morgan fingerprint density at radius 1 is 1.47 bits per heavy atom. The molecule has 1 aromatic rings. The summed E-state index contributed by atoms with van der Waals surface area (Å²) >= 11 is 0. The average Bonchev–Trinajstić information content (AvgIpc) is 2.25. The molecule has 0 aliphatic carbocycles. The van der Waals surface area contributed by atoms with Gasteiger partial charge in [0, 0.05) is 6.07 Å². The highest BCUT2D eigenvalue weighted by atomic mass is 19.4. The summed E-state index contributed by atoms with van der Waals surface area (Å²) in [6.45, 7) is 0. The van der Waals surface area contributed by atoms with Crippen molar-refractivity contribution < 1.29 is 27.4 Å². The van der Waals surface area contributed by atoms with Crippen LogP contribution < -0.4 is 4.74 Å². The average molecular weight is 246 g/mol. The zero-order chi connectivity index (χ0) is 13.1. The highest BCUT2D eigenvalue weighted by Crippen LogP contribution is 2.22. The molecule has 5 nitrogen and oxygen atoms in total. The van der Waals surface area contributed by atoms with Gasteiger partial charge in [0.2, 0.25) is 5.88 Å². The van der Waals surface area contributed by atoms with Crippen LogP contribution in [-0.4, -0.2) is 24.4 Å². The molecule has 0 radical (unpaired) electrons. The zero-order valence-electron chi connectivity index (χ0n) is 8.41. The summed E-state index contributed by atoms with van der Waals surface area (Å²) in [7, 11) is 1.02. The first-order valence-electron chi connectivity index (χ1n) is 4.12. The van der Waals surface area contributed by atoms with Crippen LogP contribution in [0.15, 0.2) is 12.1 Å². The molecule has 17 heavy (non-hydrogen) atoms. The first-order chi connectivity index (χ1) is 7.87. The third-order valence-electron chi connectivity index (χ3n) is 1.59. The molecule has 0 fully saturated rings. The highest BCUT2D eigenvalue weighted by molar-refractivity contribution is 5.90. The van der Waals surface area contributed by atoms with Crippen molar-refractivity contribution in [3.05, 3.63) is 23.4 Å². The van der Waals surface area contributed by atoms with Crippen LogP contribution in [0.25, 0.3) is 0 Å². The second kappa shape index (κ2) is 4.69. The van der Waals surface area contributed by atoms with Gasteiger partial charge in [0.15, 0.2) is 5.69 Å². The third-order valence-corrected chi connectivity index (χ3v) is 1.59. The summed E-state index contributed by atoms with van der Waals surface area (Å²) in [4.78, 5) is 14.4. The number of nitriles is 1. The van der Waals surface area contributed by atoms with Crippen molar-refractivity contribution in [3.63, 3.8) is 0 Å². The molecule has 8 heteroatoms. The molecule has 1 aromatic heterocycles. The third kappa shape index (κ3) is 3.34. The van der Waals surface area contributed by atoms with E-state index in [0.717, 1.165) is 19.2 Å². The van der Waals surface area contributed by atoms with E-state index in [2.05, 4.69) is 14.5 Å². The molecule has 0 amide bonds. The van der Waals surface area contributed by atoms with E-state index in [1.54, 1.807) is 6.07 Å². The van der Waals surface area contributed by atoms with Gasteiger partial charge in [-0.25, -0.2) is 9.78 Å². The molecule has 0 atom stereocenters. The number of carbonyl (C=O) groups is 1. The summed E-state index contributed by atoms with van der Waals surface area (Å²) in [5, 5.41) is 8.63. The summed E-state index contributed by atoms with van der Waals surface area (Å²) < 4.78 is 43.5. The predicted molar refractivity (Wildman–Crippen MR) is 47.0 cm³/mol. The van der Waals surface area contributed by atoms with Gasteiger partial charge in [0.25, 0.3) is 0 Å². The number of esters is 1. The van der Waals surface area contributed by atoms with Crippen LogP contribution in [0.2, 0.25) is 0 Å². The second-order valence-corrected chi connectivity index (χ2v) is 2.70. The lowest BCUT2D eigenvalue weighted by Crippen LogP contribution is -2.19. The van der Waals surface area contributed by atoms with Crippen molar-refractivity contribution in [3.8, 4) is 11.9 Å². The normalized spacial score (nSPS) is 10.5. The monoisotopic (exact) mass is 246 g/mol. The molecule has 0 bridgehead atoms. The van der Waals surface area contributed by atoms with Gasteiger partial charge >= 0.3 is 12.3 Å². The van der Waals surface area contributed by atoms with E-state index < -0.39 is 23.9 Å². The maximum atomic E-state index is 11.9. The number of ether oxygens (including phenoxy) is 2. The van der Waals surface area contributed by atoms with Gasteiger partial charge in [-0.1, -0.05) is 0 Å². The number of carbonyl (C=O) groups excluding carboxylic acids is 1. The predicted octanol–water partition coefficient (Wildman–Crippen LogP) is 1.64. The number of rotatable bonds is 2. The first-order valence-corrected chi connectivity index (χ1v) is 4.12. The van der Waals surface area contributed by atoms with E-state index in [1.807, 2.05) is 0 Å². The van der Waals surface area contributed by atoms with Gasteiger partial charge in [-0.3, -0.25) is 0 Å². The fourth-order valence-electron chi connectivity index (χ4n) is 0.959. The Balaban J connectivity index is 3.15. The molecule has 0 aliphatic rings. The lowest BCUT2D eigenvalue weighted by molar-refractivity contribution is -0.276. The smallest absolute Gasteiger partial charge is 0.464 e. The minimum atomic E-state index is -4.92. The fraction of sp³-hybridized carbons (Fsp3) is 0.222. The maximum absolute atomic E-state index is 11.9. The Labute approximate surface area is 93.4 Å². The molecule has 0 unspecified atom stereocenters. The van der Waals surface area contributed by atoms with Gasteiger partial charge in [-0.2, -0.15) is 5.26 Å². The van der Waals surface area contributed by atoms with Gasteiger partial charge in [-0.05, 0) is 6.07 Å². The lowest BCUT2D eigenvalue weighted by atomic mass is 10.2. The number of hydrogen-bond donors (Lipinski definition) is 0. The van der Waals surface area contributed by atoms with Crippen LogP contribution in [0.1, 0.15) is 16.1 Å². The number of aromatic nitrogens is 1. The van der Waals surface area contributed by atoms with Gasteiger partial charge in [-0.15, -0.1) is 13.2 Å². The van der Waals surface area contributed by atoms with Crippen molar-refractivity contribution in [2.24, 2.45) is 0 Å². The van der Waals surface area contributed by atoms with Crippen LogP contribution in [-0.2, 0) is 4.74 Å². The standard InChI is InChI=1S/C9H5F3N2O3/c1-16-8(15)7-5(4-13)2-3-6(14-7)17-9(10,11)12/h2-3H,1H3. The van der Waals surface area contributed by atoms with Crippen LogP contribution in [0.3, 0.4) is 0 Å². The molecule has 90 valence electrons. The molecule has 0 saturated carbocycles.